The fourth-order valence-electron chi connectivity index (χ4n) is 1.27. The summed E-state index contributed by atoms with van der Waals surface area (Å²) in [6, 6.07) is 5.21. The van der Waals surface area contributed by atoms with Gasteiger partial charge in [-0.2, -0.15) is 0 Å². The van der Waals surface area contributed by atoms with Crippen molar-refractivity contribution in [3.8, 4) is 11.6 Å². The molecule has 0 fully saturated rings. The molecule has 0 unspecified atom stereocenters. The molecule has 0 N–H and O–H groups in total. The molecule has 0 amide bonds. The van der Waals surface area contributed by atoms with Gasteiger partial charge in [-0.05, 0) is 36.8 Å². The topological polar surface area (TPSA) is 22.1 Å². The Labute approximate surface area is 102 Å². The normalized spacial score (nSPS) is 10.4. The van der Waals surface area contributed by atoms with Crippen LogP contribution in [0.1, 0.15) is 5.56 Å². The number of aryl methyl sites for hydroxylation is 1. The quantitative estimate of drug-likeness (QED) is 0.805. The lowest BCUT2D eigenvalue weighted by Gasteiger charge is -2.06. The van der Waals surface area contributed by atoms with Crippen LogP contribution in [0.2, 0.25) is 5.02 Å². The summed E-state index contributed by atoms with van der Waals surface area (Å²) in [5.74, 6) is -0.889. The molecule has 1 heterocycles. The fourth-order valence-corrected chi connectivity index (χ4v) is 1.41. The lowest BCUT2D eigenvalue weighted by atomic mass is 10.2. The van der Waals surface area contributed by atoms with Crippen LogP contribution in [-0.2, 0) is 0 Å². The molecular weight excluding hydrogens is 248 g/mol. The van der Waals surface area contributed by atoms with Crippen LogP contribution in [-0.4, -0.2) is 4.98 Å². The third-order valence-electron chi connectivity index (χ3n) is 2.12. The Morgan fingerprint density at radius 2 is 1.94 bits per heavy atom. The predicted octanol–water partition coefficient (Wildman–Crippen LogP) is 4.11. The third kappa shape index (κ3) is 2.71. The first-order chi connectivity index (χ1) is 8.06. The molecule has 0 aliphatic carbocycles. The summed E-state index contributed by atoms with van der Waals surface area (Å²) in [4.78, 5) is 3.70. The van der Waals surface area contributed by atoms with Crippen molar-refractivity contribution in [3.05, 3.63) is 52.7 Å². The van der Waals surface area contributed by atoms with Gasteiger partial charge >= 0.3 is 0 Å². The standard InChI is InChI=1S/C12H8ClF2NO/c1-7-4-9(2-3-10(7)14)17-12-11(15)5-8(13)6-16-12/h2-6H,1H3. The number of rotatable bonds is 2. The van der Waals surface area contributed by atoms with Crippen LogP contribution in [0.15, 0.2) is 30.5 Å². The maximum atomic E-state index is 13.4. The summed E-state index contributed by atoms with van der Waals surface area (Å²) >= 11 is 5.56. The van der Waals surface area contributed by atoms with E-state index in [0.717, 1.165) is 6.07 Å². The van der Waals surface area contributed by atoms with Gasteiger partial charge in [0.25, 0.3) is 5.88 Å². The number of hydrogen-bond donors (Lipinski definition) is 0. The van der Waals surface area contributed by atoms with E-state index in [1.54, 1.807) is 6.92 Å². The molecular formula is C12H8ClF2NO. The van der Waals surface area contributed by atoms with Gasteiger partial charge in [-0.25, -0.2) is 13.8 Å². The molecule has 0 saturated carbocycles. The number of hydrogen-bond acceptors (Lipinski definition) is 2. The van der Waals surface area contributed by atoms with E-state index >= 15 is 0 Å². The predicted molar refractivity (Wildman–Crippen MR) is 60.4 cm³/mol. The van der Waals surface area contributed by atoms with Crippen LogP contribution in [0.3, 0.4) is 0 Å². The molecule has 2 nitrogen and oxygen atoms in total. The Kier molecular flexibility index (Phi) is 3.24. The van der Waals surface area contributed by atoms with Crippen LogP contribution < -0.4 is 4.74 Å². The molecule has 1 aromatic carbocycles. The second-order valence-electron chi connectivity index (χ2n) is 3.45. The van der Waals surface area contributed by atoms with Gasteiger partial charge in [0.05, 0.1) is 5.02 Å². The molecule has 17 heavy (non-hydrogen) atoms. The van der Waals surface area contributed by atoms with Crippen molar-refractivity contribution in [2.75, 3.05) is 0 Å². The summed E-state index contributed by atoms with van der Waals surface area (Å²) in [5.41, 5.74) is 0.414. The van der Waals surface area contributed by atoms with Crippen molar-refractivity contribution in [3.63, 3.8) is 0 Å². The Morgan fingerprint density at radius 3 is 2.59 bits per heavy atom. The zero-order chi connectivity index (χ0) is 12.4. The largest absolute Gasteiger partial charge is 0.436 e. The van der Waals surface area contributed by atoms with E-state index in [9.17, 15) is 8.78 Å². The molecule has 0 aliphatic rings. The Morgan fingerprint density at radius 1 is 1.18 bits per heavy atom. The van der Waals surface area contributed by atoms with Gasteiger partial charge in [-0.1, -0.05) is 11.6 Å². The molecule has 0 saturated heterocycles. The van der Waals surface area contributed by atoms with Gasteiger partial charge in [-0.15, -0.1) is 0 Å². The van der Waals surface area contributed by atoms with Crippen molar-refractivity contribution in [2.24, 2.45) is 0 Å². The maximum Gasteiger partial charge on any atom is 0.255 e. The van der Waals surface area contributed by atoms with E-state index in [2.05, 4.69) is 4.98 Å². The van der Waals surface area contributed by atoms with Gasteiger partial charge < -0.3 is 4.74 Å². The van der Waals surface area contributed by atoms with E-state index in [-0.39, 0.29) is 16.7 Å². The molecule has 5 heteroatoms. The highest BCUT2D eigenvalue weighted by Gasteiger charge is 2.08. The van der Waals surface area contributed by atoms with Gasteiger partial charge in [0.2, 0.25) is 0 Å². The zero-order valence-corrected chi connectivity index (χ0v) is 9.63. The molecule has 2 rings (SSSR count). The smallest absolute Gasteiger partial charge is 0.255 e. The second kappa shape index (κ2) is 4.67. The molecule has 0 spiro atoms. The summed E-state index contributed by atoms with van der Waals surface area (Å²) in [6.45, 7) is 1.59. The van der Waals surface area contributed by atoms with Crippen LogP contribution in [0, 0.1) is 18.6 Å². The third-order valence-corrected chi connectivity index (χ3v) is 2.32. The molecule has 0 atom stereocenters. The van der Waals surface area contributed by atoms with Gasteiger partial charge in [-0.3, -0.25) is 0 Å². The van der Waals surface area contributed by atoms with E-state index < -0.39 is 5.82 Å². The molecule has 2 aromatic rings. The van der Waals surface area contributed by atoms with Crippen molar-refractivity contribution in [1.82, 2.24) is 4.98 Å². The second-order valence-corrected chi connectivity index (χ2v) is 3.89. The minimum Gasteiger partial charge on any atom is -0.436 e. The van der Waals surface area contributed by atoms with E-state index in [4.69, 9.17) is 16.3 Å². The number of benzene rings is 1. The number of pyridine rings is 1. The molecule has 88 valence electrons. The minimum atomic E-state index is -0.667. The van der Waals surface area contributed by atoms with Crippen molar-refractivity contribution in [2.45, 2.75) is 6.92 Å². The van der Waals surface area contributed by atoms with Gasteiger partial charge in [0, 0.05) is 6.20 Å². The Hall–Kier alpha value is -1.68. The maximum absolute atomic E-state index is 13.4. The molecule has 0 radical (unpaired) electrons. The van der Waals surface area contributed by atoms with Crippen LogP contribution >= 0.6 is 11.6 Å². The van der Waals surface area contributed by atoms with Crippen LogP contribution in [0.4, 0.5) is 8.78 Å². The van der Waals surface area contributed by atoms with E-state index in [1.165, 1.54) is 24.4 Å². The summed E-state index contributed by atoms with van der Waals surface area (Å²) < 4.78 is 31.6. The van der Waals surface area contributed by atoms with Crippen molar-refractivity contribution in [1.29, 1.82) is 0 Å². The minimum absolute atomic E-state index is 0.185. The van der Waals surface area contributed by atoms with Crippen molar-refractivity contribution < 1.29 is 13.5 Å². The summed E-state index contributed by atoms with van der Waals surface area (Å²) in [5, 5.41) is 0.185. The Bertz CT molecular complexity index is 560. The van der Waals surface area contributed by atoms with E-state index in [1.807, 2.05) is 0 Å². The lowest BCUT2D eigenvalue weighted by Crippen LogP contribution is -1.93. The first-order valence-electron chi connectivity index (χ1n) is 4.81. The molecule has 1 aromatic heterocycles. The highest BCUT2D eigenvalue weighted by molar-refractivity contribution is 6.30. The number of halogens is 3. The number of ether oxygens (including phenoxy) is 1. The first-order valence-corrected chi connectivity index (χ1v) is 5.19. The van der Waals surface area contributed by atoms with Crippen LogP contribution in [0.25, 0.3) is 0 Å². The number of nitrogens with zero attached hydrogens (tertiary/aromatic N) is 1. The van der Waals surface area contributed by atoms with Crippen LogP contribution in [0.5, 0.6) is 11.6 Å². The summed E-state index contributed by atoms with van der Waals surface area (Å²) in [7, 11) is 0. The van der Waals surface area contributed by atoms with E-state index in [0.29, 0.717) is 11.3 Å². The van der Waals surface area contributed by atoms with Gasteiger partial charge in [0.15, 0.2) is 5.82 Å². The lowest BCUT2D eigenvalue weighted by molar-refractivity contribution is 0.421. The average Bonchev–Trinajstić information content (AvgIpc) is 2.27. The highest BCUT2D eigenvalue weighted by Crippen LogP contribution is 2.25. The fraction of sp³-hybridized carbons (Fsp3) is 0.0833. The molecule has 0 aliphatic heterocycles. The zero-order valence-electron chi connectivity index (χ0n) is 8.88. The average molecular weight is 256 g/mol. The first kappa shape index (κ1) is 11.8. The monoisotopic (exact) mass is 255 g/mol. The number of aromatic nitrogens is 1. The van der Waals surface area contributed by atoms with Crippen molar-refractivity contribution >= 4 is 11.6 Å². The van der Waals surface area contributed by atoms with Gasteiger partial charge in [0.1, 0.15) is 11.6 Å². The summed E-state index contributed by atoms with van der Waals surface area (Å²) in [6.07, 6.45) is 1.27. The SMILES string of the molecule is Cc1cc(Oc2ncc(Cl)cc2F)ccc1F. The highest BCUT2D eigenvalue weighted by atomic mass is 35.5. The Balaban J connectivity index is 2.28. The molecule has 0 bridgehead atoms.